The highest BCUT2D eigenvalue weighted by molar-refractivity contribution is 5.94. The Hall–Kier alpha value is -3.81. The molecule has 28 heavy (non-hydrogen) atoms. The molecule has 2 N–H and O–H groups in total. The smallest absolute Gasteiger partial charge is 0.289 e. The molecule has 2 aromatic carbocycles. The van der Waals surface area contributed by atoms with Crippen molar-refractivity contribution in [2.75, 3.05) is 21.3 Å². The van der Waals surface area contributed by atoms with Crippen LogP contribution >= 0.6 is 0 Å². The Morgan fingerprint density at radius 2 is 1.68 bits per heavy atom. The van der Waals surface area contributed by atoms with E-state index >= 15 is 0 Å². The van der Waals surface area contributed by atoms with Crippen molar-refractivity contribution in [3.05, 3.63) is 59.8 Å². The van der Waals surface area contributed by atoms with Crippen molar-refractivity contribution in [1.82, 2.24) is 15.6 Å². The summed E-state index contributed by atoms with van der Waals surface area (Å²) in [4.78, 5) is 12.3. The molecule has 0 unspecified atom stereocenters. The SMILES string of the molecule is COc1cc(OC)c(OC)cc1/C=N\NC(=O)c1cc(-c2ccccc2)n[nH]1. The van der Waals surface area contributed by atoms with Crippen LogP contribution in [-0.2, 0) is 0 Å². The second-order valence-corrected chi connectivity index (χ2v) is 5.68. The van der Waals surface area contributed by atoms with E-state index < -0.39 is 5.91 Å². The highest BCUT2D eigenvalue weighted by Crippen LogP contribution is 2.33. The number of H-pyrrole nitrogens is 1. The maximum Gasteiger partial charge on any atom is 0.289 e. The van der Waals surface area contributed by atoms with Gasteiger partial charge in [-0.05, 0) is 12.1 Å². The van der Waals surface area contributed by atoms with Crippen molar-refractivity contribution in [2.45, 2.75) is 0 Å². The van der Waals surface area contributed by atoms with Gasteiger partial charge in [-0.15, -0.1) is 0 Å². The van der Waals surface area contributed by atoms with Gasteiger partial charge < -0.3 is 14.2 Å². The van der Waals surface area contributed by atoms with Crippen LogP contribution in [-0.4, -0.2) is 43.6 Å². The number of benzene rings is 2. The predicted molar refractivity (Wildman–Crippen MR) is 105 cm³/mol. The molecule has 144 valence electrons. The third kappa shape index (κ3) is 4.12. The van der Waals surface area contributed by atoms with Gasteiger partial charge in [0.2, 0.25) is 0 Å². The third-order valence-electron chi connectivity index (χ3n) is 4.00. The zero-order chi connectivity index (χ0) is 19.9. The average molecular weight is 380 g/mol. The molecule has 0 saturated heterocycles. The van der Waals surface area contributed by atoms with E-state index in [9.17, 15) is 4.79 Å². The van der Waals surface area contributed by atoms with Crippen molar-refractivity contribution in [3.63, 3.8) is 0 Å². The number of nitrogens with zero attached hydrogens (tertiary/aromatic N) is 2. The van der Waals surface area contributed by atoms with Crippen LogP contribution in [0.15, 0.2) is 53.6 Å². The molecule has 0 radical (unpaired) electrons. The van der Waals surface area contributed by atoms with Crippen LogP contribution < -0.4 is 19.6 Å². The number of methoxy groups -OCH3 is 3. The quantitative estimate of drug-likeness (QED) is 0.485. The number of ether oxygens (including phenoxy) is 3. The van der Waals surface area contributed by atoms with Crippen LogP contribution in [0.1, 0.15) is 16.1 Å². The lowest BCUT2D eigenvalue weighted by molar-refractivity contribution is 0.0950. The minimum Gasteiger partial charge on any atom is -0.496 e. The van der Waals surface area contributed by atoms with Crippen molar-refractivity contribution in [2.24, 2.45) is 5.10 Å². The van der Waals surface area contributed by atoms with Crippen LogP contribution in [0.25, 0.3) is 11.3 Å². The Morgan fingerprint density at radius 1 is 1.00 bits per heavy atom. The molecule has 8 nitrogen and oxygen atoms in total. The van der Waals surface area contributed by atoms with E-state index in [1.807, 2.05) is 30.3 Å². The Balaban J connectivity index is 1.73. The number of aromatic nitrogens is 2. The van der Waals surface area contributed by atoms with Gasteiger partial charge in [0.05, 0.1) is 33.2 Å². The Bertz CT molecular complexity index is 983. The monoisotopic (exact) mass is 380 g/mol. The molecule has 0 spiro atoms. The summed E-state index contributed by atoms with van der Waals surface area (Å²) in [5, 5.41) is 10.9. The lowest BCUT2D eigenvalue weighted by atomic mass is 10.1. The number of aromatic amines is 1. The number of carbonyl (C=O) groups is 1. The summed E-state index contributed by atoms with van der Waals surface area (Å²) in [6.07, 6.45) is 1.47. The molecule has 1 heterocycles. The molecule has 1 aromatic heterocycles. The topological polar surface area (TPSA) is 97.8 Å². The first-order valence-electron chi connectivity index (χ1n) is 8.40. The van der Waals surface area contributed by atoms with E-state index in [1.165, 1.54) is 20.4 Å². The Morgan fingerprint density at radius 3 is 2.36 bits per heavy atom. The number of nitrogens with one attached hydrogen (secondary N) is 2. The summed E-state index contributed by atoms with van der Waals surface area (Å²) in [6.45, 7) is 0. The number of amides is 1. The Kier molecular flexibility index (Phi) is 5.91. The van der Waals surface area contributed by atoms with Crippen LogP contribution in [0.4, 0.5) is 0 Å². The molecular formula is C20H20N4O4. The summed E-state index contributed by atoms with van der Waals surface area (Å²) in [5.74, 6) is 1.18. The van der Waals surface area contributed by atoms with Gasteiger partial charge in [-0.2, -0.15) is 10.2 Å². The van der Waals surface area contributed by atoms with E-state index in [4.69, 9.17) is 14.2 Å². The molecule has 0 aliphatic heterocycles. The zero-order valence-corrected chi connectivity index (χ0v) is 15.7. The van der Waals surface area contributed by atoms with Crippen molar-refractivity contribution in [1.29, 1.82) is 0 Å². The number of hydrogen-bond acceptors (Lipinski definition) is 6. The predicted octanol–water partition coefficient (Wildman–Crippen LogP) is 2.87. The summed E-state index contributed by atoms with van der Waals surface area (Å²) in [7, 11) is 4.61. The zero-order valence-electron chi connectivity index (χ0n) is 15.7. The molecular weight excluding hydrogens is 360 g/mol. The van der Waals surface area contributed by atoms with Gasteiger partial charge in [0.25, 0.3) is 5.91 Å². The Labute approximate surface area is 162 Å². The maximum absolute atomic E-state index is 12.3. The van der Waals surface area contributed by atoms with Crippen molar-refractivity contribution < 1.29 is 19.0 Å². The van der Waals surface area contributed by atoms with Gasteiger partial charge in [0, 0.05) is 17.2 Å². The molecule has 0 aliphatic rings. The lowest BCUT2D eigenvalue weighted by Gasteiger charge is -2.11. The van der Waals surface area contributed by atoms with Gasteiger partial charge >= 0.3 is 0 Å². The van der Waals surface area contributed by atoms with Crippen molar-refractivity contribution in [3.8, 4) is 28.5 Å². The minimum atomic E-state index is -0.412. The van der Waals surface area contributed by atoms with E-state index in [0.717, 1.165) is 5.56 Å². The van der Waals surface area contributed by atoms with Gasteiger partial charge in [-0.25, -0.2) is 5.43 Å². The molecule has 0 aliphatic carbocycles. The summed E-state index contributed by atoms with van der Waals surface area (Å²) < 4.78 is 15.8. The standard InChI is InChI=1S/C20H20N4O4/c1-26-17-11-19(28-3)18(27-2)9-14(17)12-21-24-20(25)16-10-15(22-23-16)13-7-5-4-6-8-13/h4-12H,1-3H3,(H,22,23)(H,24,25)/b21-12-. The average Bonchev–Trinajstić information content (AvgIpc) is 3.24. The third-order valence-corrected chi connectivity index (χ3v) is 4.00. The number of hydrogen-bond donors (Lipinski definition) is 2. The molecule has 0 bridgehead atoms. The first kappa shape index (κ1) is 19.0. The fraction of sp³-hybridized carbons (Fsp3) is 0.150. The number of hydrazone groups is 1. The number of rotatable bonds is 7. The molecule has 0 fully saturated rings. The van der Waals surface area contributed by atoms with Crippen LogP contribution in [0, 0.1) is 0 Å². The summed E-state index contributed by atoms with van der Waals surface area (Å²) in [6, 6.07) is 14.6. The minimum absolute atomic E-state index is 0.301. The molecule has 1 amide bonds. The highest BCUT2D eigenvalue weighted by atomic mass is 16.5. The summed E-state index contributed by atoms with van der Waals surface area (Å²) in [5.41, 5.74) is 4.97. The maximum atomic E-state index is 12.3. The second-order valence-electron chi connectivity index (χ2n) is 5.68. The largest absolute Gasteiger partial charge is 0.496 e. The van der Waals surface area contributed by atoms with Gasteiger partial charge in [-0.1, -0.05) is 30.3 Å². The normalized spacial score (nSPS) is 10.7. The fourth-order valence-corrected chi connectivity index (χ4v) is 2.57. The van der Waals surface area contributed by atoms with Crippen LogP contribution in [0.5, 0.6) is 17.2 Å². The van der Waals surface area contributed by atoms with E-state index in [1.54, 1.807) is 25.3 Å². The van der Waals surface area contributed by atoms with E-state index in [2.05, 4.69) is 20.7 Å². The molecule has 0 atom stereocenters. The second kappa shape index (κ2) is 8.72. The first-order chi connectivity index (χ1) is 13.7. The molecule has 8 heteroatoms. The van der Waals surface area contributed by atoms with Crippen LogP contribution in [0.3, 0.4) is 0 Å². The lowest BCUT2D eigenvalue weighted by Crippen LogP contribution is -2.18. The highest BCUT2D eigenvalue weighted by Gasteiger charge is 2.12. The van der Waals surface area contributed by atoms with Gasteiger partial charge in [0.15, 0.2) is 11.5 Å². The van der Waals surface area contributed by atoms with E-state index in [0.29, 0.717) is 34.2 Å². The molecule has 3 rings (SSSR count). The van der Waals surface area contributed by atoms with Crippen LogP contribution in [0.2, 0.25) is 0 Å². The van der Waals surface area contributed by atoms with Gasteiger partial charge in [0.1, 0.15) is 11.4 Å². The number of carbonyl (C=O) groups excluding carboxylic acids is 1. The molecule has 3 aromatic rings. The first-order valence-corrected chi connectivity index (χ1v) is 8.40. The van der Waals surface area contributed by atoms with Crippen molar-refractivity contribution >= 4 is 12.1 Å². The fourth-order valence-electron chi connectivity index (χ4n) is 2.57. The summed E-state index contributed by atoms with van der Waals surface area (Å²) >= 11 is 0. The van der Waals surface area contributed by atoms with Gasteiger partial charge in [-0.3, -0.25) is 9.89 Å². The molecule has 0 saturated carbocycles. The van der Waals surface area contributed by atoms with E-state index in [-0.39, 0.29) is 0 Å².